The lowest BCUT2D eigenvalue weighted by atomic mass is 9.98. The molecule has 2 nitrogen and oxygen atoms in total. The van der Waals surface area contributed by atoms with Crippen molar-refractivity contribution in [3.05, 3.63) is 39.3 Å². The Hall–Kier alpha value is -0.910. The molecule has 76 valence electrons. The zero-order valence-electron chi connectivity index (χ0n) is 7.87. The maximum atomic E-state index is 13.8. The highest BCUT2D eigenvalue weighted by atomic mass is 127. The van der Waals surface area contributed by atoms with Gasteiger partial charge in [-0.15, -0.1) is 0 Å². The van der Waals surface area contributed by atoms with Crippen molar-refractivity contribution in [2.45, 2.75) is 13.0 Å². The minimum absolute atomic E-state index is 0.146. The molecule has 1 aromatic heterocycles. The van der Waals surface area contributed by atoms with E-state index in [-0.39, 0.29) is 5.82 Å². The Morgan fingerprint density at radius 1 is 1.40 bits per heavy atom. The van der Waals surface area contributed by atoms with E-state index < -0.39 is 0 Å². The third kappa shape index (κ3) is 1.31. The van der Waals surface area contributed by atoms with Crippen LogP contribution in [0.1, 0.15) is 5.56 Å². The fraction of sp³-hybridized carbons (Fsp3) is 0.182. The Bertz CT molecular complexity index is 533. The topological polar surface area (TPSA) is 17.8 Å². The molecule has 0 saturated carbocycles. The summed E-state index contributed by atoms with van der Waals surface area (Å²) < 4.78 is 16.7. The number of aromatic nitrogens is 2. The third-order valence-corrected chi connectivity index (χ3v) is 3.51. The van der Waals surface area contributed by atoms with E-state index >= 15 is 0 Å². The number of halogens is 2. The van der Waals surface area contributed by atoms with Crippen molar-refractivity contribution >= 4 is 22.6 Å². The van der Waals surface area contributed by atoms with Crippen molar-refractivity contribution in [1.29, 1.82) is 0 Å². The Kier molecular flexibility index (Phi) is 2.05. The molecule has 0 N–H and O–H groups in total. The summed E-state index contributed by atoms with van der Waals surface area (Å²) in [5.41, 5.74) is 2.74. The molecular formula is C11H8FIN2. The lowest BCUT2D eigenvalue weighted by Crippen LogP contribution is -2.13. The molecule has 0 unspecified atom stereocenters. The molecule has 0 radical (unpaired) electrons. The summed E-state index contributed by atoms with van der Waals surface area (Å²) in [5, 5.41) is 4.24. The molecule has 0 saturated heterocycles. The highest BCUT2D eigenvalue weighted by Gasteiger charge is 2.22. The second-order valence-electron chi connectivity index (χ2n) is 3.59. The van der Waals surface area contributed by atoms with Gasteiger partial charge in [0.05, 0.1) is 15.5 Å². The summed E-state index contributed by atoms with van der Waals surface area (Å²) in [6.07, 6.45) is 2.65. The molecule has 1 aromatic carbocycles. The van der Waals surface area contributed by atoms with E-state index in [0.717, 1.165) is 33.4 Å². The quantitative estimate of drug-likeness (QED) is 0.684. The fourth-order valence-electron chi connectivity index (χ4n) is 2.05. The number of rotatable bonds is 0. The number of hydrogen-bond donors (Lipinski definition) is 0. The number of nitrogens with zero attached hydrogens (tertiary/aromatic N) is 2. The SMILES string of the molecule is Fc1cccc2c1-c1c(I)cnn1CC2. The van der Waals surface area contributed by atoms with Crippen molar-refractivity contribution in [3.8, 4) is 11.3 Å². The molecule has 0 bridgehead atoms. The van der Waals surface area contributed by atoms with Crippen LogP contribution in [0, 0.1) is 9.39 Å². The molecule has 0 amide bonds. The van der Waals surface area contributed by atoms with Crippen molar-refractivity contribution in [3.63, 3.8) is 0 Å². The highest BCUT2D eigenvalue weighted by molar-refractivity contribution is 14.1. The van der Waals surface area contributed by atoms with E-state index in [0.29, 0.717) is 0 Å². The van der Waals surface area contributed by atoms with Crippen LogP contribution in [0.4, 0.5) is 4.39 Å². The second kappa shape index (κ2) is 3.30. The minimum atomic E-state index is -0.146. The first-order valence-electron chi connectivity index (χ1n) is 4.76. The first-order chi connectivity index (χ1) is 7.27. The van der Waals surface area contributed by atoms with Gasteiger partial charge in [-0.2, -0.15) is 5.10 Å². The summed E-state index contributed by atoms with van der Waals surface area (Å²) in [7, 11) is 0. The summed E-state index contributed by atoms with van der Waals surface area (Å²) in [6.45, 7) is 0.842. The number of hydrogen-bond acceptors (Lipinski definition) is 1. The van der Waals surface area contributed by atoms with E-state index in [1.54, 1.807) is 12.3 Å². The number of aryl methyl sites for hydroxylation is 2. The highest BCUT2D eigenvalue weighted by Crippen LogP contribution is 2.34. The van der Waals surface area contributed by atoms with Gasteiger partial charge >= 0.3 is 0 Å². The molecule has 0 spiro atoms. The van der Waals surface area contributed by atoms with Gasteiger partial charge in [0, 0.05) is 12.1 Å². The van der Waals surface area contributed by atoms with E-state index in [9.17, 15) is 4.39 Å². The van der Waals surface area contributed by atoms with Gasteiger partial charge in [-0.25, -0.2) is 4.39 Å². The predicted molar refractivity (Wildman–Crippen MR) is 64.0 cm³/mol. The summed E-state index contributed by atoms with van der Waals surface area (Å²) in [4.78, 5) is 0. The molecule has 1 aliphatic heterocycles. The van der Waals surface area contributed by atoms with Gasteiger partial charge in [-0.1, -0.05) is 12.1 Å². The Morgan fingerprint density at radius 2 is 2.27 bits per heavy atom. The normalized spacial score (nSPS) is 13.5. The lowest BCUT2D eigenvalue weighted by Gasteiger charge is -2.18. The van der Waals surface area contributed by atoms with E-state index in [1.807, 2.05) is 10.7 Å². The van der Waals surface area contributed by atoms with Crippen molar-refractivity contribution in [2.75, 3.05) is 0 Å². The zero-order valence-corrected chi connectivity index (χ0v) is 10.0. The van der Waals surface area contributed by atoms with Gasteiger partial charge in [0.15, 0.2) is 0 Å². The number of fused-ring (bicyclic) bond motifs is 3. The monoisotopic (exact) mass is 314 g/mol. The summed E-state index contributed by atoms with van der Waals surface area (Å²) in [6, 6.07) is 5.27. The largest absolute Gasteiger partial charge is 0.263 e. The summed E-state index contributed by atoms with van der Waals surface area (Å²) >= 11 is 2.20. The van der Waals surface area contributed by atoms with E-state index in [2.05, 4.69) is 27.7 Å². The van der Waals surface area contributed by atoms with Crippen LogP contribution in [0.25, 0.3) is 11.3 Å². The molecule has 15 heavy (non-hydrogen) atoms. The zero-order chi connectivity index (χ0) is 10.4. The fourth-order valence-corrected chi connectivity index (χ4v) is 2.72. The van der Waals surface area contributed by atoms with Crippen molar-refractivity contribution < 1.29 is 4.39 Å². The van der Waals surface area contributed by atoms with Gasteiger partial charge in [0.25, 0.3) is 0 Å². The van der Waals surface area contributed by atoms with Gasteiger partial charge in [0.1, 0.15) is 5.82 Å². The smallest absolute Gasteiger partial charge is 0.132 e. The number of benzene rings is 1. The van der Waals surface area contributed by atoms with Crippen LogP contribution < -0.4 is 0 Å². The standard InChI is InChI=1S/C11H8FIN2/c12-8-3-1-2-7-4-5-15-11(10(7)8)9(13)6-14-15/h1-3,6H,4-5H2. The average molecular weight is 314 g/mol. The first kappa shape index (κ1) is 9.33. The Morgan fingerprint density at radius 3 is 3.13 bits per heavy atom. The molecule has 0 atom stereocenters. The molecule has 0 aliphatic carbocycles. The molecule has 4 heteroatoms. The third-order valence-electron chi connectivity index (χ3n) is 2.72. The van der Waals surface area contributed by atoms with E-state index in [4.69, 9.17) is 0 Å². The van der Waals surface area contributed by atoms with Crippen LogP contribution in [0.15, 0.2) is 24.4 Å². The molecule has 0 fully saturated rings. The minimum Gasteiger partial charge on any atom is -0.263 e. The molecule has 2 aromatic rings. The Labute approximate surface area is 100 Å². The molecule has 2 heterocycles. The summed E-state index contributed by atoms with van der Waals surface area (Å²) in [5.74, 6) is -0.146. The van der Waals surface area contributed by atoms with Crippen LogP contribution >= 0.6 is 22.6 Å². The second-order valence-corrected chi connectivity index (χ2v) is 4.75. The predicted octanol–water partition coefficient (Wildman–Crippen LogP) is 2.85. The molecule has 3 rings (SSSR count). The van der Waals surface area contributed by atoms with Crippen LogP contribution in [-0.2, 0) is 13.0 Å². The van der Waals surface area contributed by atoms with Crippen LogP contribution in [0.2, 0.25) is 0 Å². The first-order valence-corrected chi connectivity index (χ1v) is 5.84. The maximum absolute atomic E-state index is 13.8. The van der Waals surface area contributed by atoms with Crippen molar-refractivity contribution in [2.24, 2.45) is 0 Å². The average Bonchev–Trinajstić information content (AvgIpc) is 2.61. The van der Waals surface area contributed by atoms with E-state index in [1.165, 1.54) is 6.07 Å². The van der Waals surface area contributed by atoms with Gasteiger partial charge < -0.3 is 0 Å². The van der Waals surface area contributed by atoms with Crippen LogP contribution in [0.5, 0.6) is 0 Å². The van der Waals surface area contributed by atoms with Crippen molar-refractivity contribution in [1.82, 2.24) is 9.78 Å². The maximum Gasteiger partial charge on any atom is 0.132 e. The molecule has 1 aliphatic rings. The van der Waals surface area contributed by atoms with Gasteiger partial charge in [0.2, 0.25) is 0 Å². The van der Waals surface area contributed by atoms with Gasteiger partial charge in [-0.3, -0.25) is 4.68 Å². The lowest BCUT2D eigenvalue weighted by molar-refractivity contribution is 0.583. The van der Waals surface area contributed by atoms with Crippen LogP contribution in [-0.4, -0.2) is 9.78 Å². The Balaban J connectivity index is 2.36. The van der Waals surface area contributed by atoms with Gasteiger partial charge in [-0.05, 0) is 40.6 Å². The van der Waals surface area contributed by atoms with Crippen LogP contribution in [0.3, 0.4) is 0 Å². The molecular weight excluding hydrogens is 306 g/mol.